The van der Waals surface area contributed by atoms with Crippen molar-refractivity contribution in [3.05, 3.63) is 77.5 Å². The monoisotopic (exact) mass is 360 g/mol. The van der Waals surface area contributed by atoms with E-state index in [0.29, 0.717) is 5.89 Å². The second-order valence-corrected chi connectivity index (χ2v) is 6.31. The fourth-order valence-electron chi connectivity index (χ4n) is 3.04. The number of ether oxygens (including phenoxy) is 1. The van der Waals surface area contributed by atoms with E-state index in [4.69, 9.17) is 13.7 Å². The van der Waals surface area contributed by atoms with Gasteiger partial charge in [-0.05, 0) is 55.7 Å². The van der Waals surface area contributed by atoms with Gasteiger partial charge in [0.25, 0.3) is 0 Å². The molecule has 0 saturated carbocycles. The first-order valence-electron chi connectivity index (χ1n) is 8.84. The molecular weight excluding hydrogens is 340 g/mol. The average Bonchev–Trinajstić information content (AvgIpc) is 3.28. The molecule has 0 radical (unpaired) electrons. The van der Waals surface area contributed by atoms with Gasteiger partial charge < -0.3 is 13.7 Å². The maximum absolute atomic E-state index is 5.84. The van der Waals surface area contributed by atoms with E-state index < -0.39 is 0 Å². The highest BCUT2D eigenvalue weighted by Gasteiger charge is 2.14. The second-order valence-electron chi connectivity index (χ2n) is 6.31. The Hall–Kier alpha value is -3.34. The fraction of sp³-hybridized carbons (Fsp3) is 0.182. The van der Waals surface area contributed by atoms with Gasteiger partial charge in [-0.25, -0.2) is 4.98 Å². The lowest BCUT2D eigenvalue weighted by molar-refractivity contribution is 0.341. The number of hydrogen-bond acceptors (Lipinski definition) is 5. The van der Waals surface area contributed by atoms with Crippen LogP contribution in [0.25, 0.3) is 28.5 Å². The van der Waals surface area contributed by atoms with Crippen LogP contribution < -0.4 is 0 Å². The van der Waals surface area contributed by atoms with Crippen molar-refractivity contribution in [1.29, 1.82) is 0 Å². The Morgan fingerprint density at radius 2 is 1.85 bits per heavy atom. The minimum absolute atomic E-state index is 0.655. The molecule has 0 unspecified atom stereocenters. The third-order valence-corrected chi connectivity index (χ3v) is 4.48. The molecule has 0 spiro atoms. The summed E-state index contributed by atoms with van der Waals surface area (Å²) >= 11 is 0. The Bertz CT molecular complexity index is 1080. The molecule has 0 aliphatic heterocycles. The van der Waals surface area contributed by atoms with Crippen molar-refractivity contribution in [3.8, 4) is 11.5 Å². The van der Waals surface area contributed by atoms with Crippen molar-refractivity contribution in [3.63, 3.8) is 0 Å². The number of rotatable bonds is 6. The molecule has 4 aromatic rings. The topological polar surface area (TPSA) is 61.3 Å². The summed E-state index contributed by atoms with van der Waals surface area (Å²) in [4.78, 5) is 4.66. The van der Waals surface area contributed by atoms with Gasteiger partial charge in [0.2, 0.25) is 5.89 Å². The highest BCUT2D eigenvalue weighted by atomic mass is 16.5. The summed E-state index contributed by atoms with van der Waals surface area (Å²) in [5.74, 6) is 1.50. The summed E-state index contributed by atoms with van der Waals surface area (Å²) < 4.78 is 16.3. The summed E-state index contributed by atoms with van der Waals surface area (Å²) in [6.45, 7) is 1.95. The lowest BCUT2D eigenvalue weighted by Gasteiger charge is -1.97. The summed E-state index contributed by atoms with van der Waals surface area (Å²) in [5.41, 5.74) is 4.63. The first kappa shape index (κ1) is 17.1. The molecule has 5 heteroatoms. The molecule has 2 aromatic carbocycles. The van der Waals surface area contributed by atoms with Crippen molar-refractivity contribution in [2.45, 2.75) is 19.8 Å². The van der Waals surface area contributed by atoms with Gasteiger partial charge in [-0.15, -0.1) is 0 Å². The molecular formula is C22H20N2O3. The van der Waals surface area contributed by atoms with Gasteiger partial charge in [0.05, 0.1) is 24.8 Å². The number of aryl methyl sites for hydroxylation is 3. The molecule has 5 nitrogen and oxygen atoms in total. The highest BCUT2D eigenvalue weighted by molar-refractivity contribution is 5.81. The Balaban J connectivity index is 1.52. The molecule has 2 heterocycles. The molecule has 0 aliphatic rings. The van der Waals surface area contributed by atoms with Gasteiger partial charge in [0.1, 0.15) is 5.76 Å². The molecule has 4 rings (SSSR count). The minimum Gasteiger partial charge on any atom is -0.504 e. The summed E-state index contributed by atoms with van der Waals surface area (Å²) in [6, 6.07) is 15.9. The van der Waals surface area contributed by atoms with Gasteiger partial charge in [-0.1, -0.05) is 29.4 Å². The molecule has 0 saturated heterocycles. The third-order valence-electron chi connectivity index (χ3n) is 4.48. The fourth-order valence-corrected chi connectivity index (χ4v) is 3.04. The predicted molar refractivity (Wildman–Crippen MR) is 104 cm³/mol. The molecule has 0 atom stereocenters. The van der Waals surface area contributed by atoms with Crippen molar-refractivity contribution in [1.82, 2.24) is 10.1 Å². The van der Waals surface area contributed by atoms with Crippen molar-refractivity contribution < 1.29 is 13.7 Å². The second kappa shape index (κ2) is 7.50. The Kier molecular flexibility index (Phi) is 4.75. The molecule has 136 valence electrons. The molecule has 0 bridgehead atoms. The lowest BCUT2D eigenvalue weighted by Crippen LogP contribution is -1.94. The van der Waals surface area contributed by atoms with Crippen LogP contribution in [0.2, 0.25) is 0 Å². The molecule has 0 fully saturated rings. The van der Waals surface area contributed by atoms with E-state index in [1.165, 1.54) is 0 Å². The number of oxazole rings is 1. The number of nitrogens with zero attached hydrogens (tertiary/aromatic N) is 2. The number of aromatic nitrogens is 2. The molecule has 0 amide bonds. The van der Waals surface area contributed by atoms with Crippen LogP contribution in [-0.4, -0.2) is 17.3 Å². The summed E-state index contributed by atoms with van der Waals surface area (Å²) in [6.07, 6.45) is 5.00. The number of methoxy groups -OCH3 is 1. The van der Waals surface area contributed by atoms with Crippen LogP contribution in [0, 0.1) is 6.92 Å². The number of fused-ring (bicyclic) bond motifs is 1. The summed E-state index contributed by atoms with van der Waals surface area (Å²) in [7, 11) is 1.62. The van der Waals surface area contributed by atoms with Crippen LogP contribution in [-0.2, 0) is 17.6 Å². The first-order chi connectivity index (χ1) is 13.2. The van der Waals surface area contributed by atoms with Crippen LogP contribution in [0.15, 0.2) is 63.7 Å². The normalized spacial score (nSPS) is 11.5. The lowest BCUT2D eigenvalue weighted by atomic mass is 10.1. The molecule has 0 aliphatic carbocycles. The molecule has 2 aromatic heterocycles. The highest BCUT2D eigenvalue weighted by Crippen LogP contribution is 2.25. The van der Waals surface area contributed by atoms with Crippen molar-refractivity contribution >= 4 is 17.0 Å². The zero-order valence-electron chi connectivity index (χ0n) is 15.3. The van der Waals surface area contributed by atoms with Crippen LogP contribution in [0.5, 0.6) is 0 Å². The van der Waals surface area contributed by atoms with Crippen LogP contribution in [0.3, 0.4) is 0 Å². The van der Waals surface area contributed by atoms with E-state index >= 15 is 0 Å². The largest absolute Gasteiger partial charge is 0.504 e. The van der Waals surface area contributed by atoms with Gasteiger partial charge in [-0.3, -0.25) is 0 Å². The van der Waals surface area contributed by atoms with Crippen LogP contribution in [0.1, 0.15) is 22.7 Å². The van der Waals surface area contributed by atoms with Gasteiger partial charge in [-0.2, -0.15) is 0 Å². The maximum atomic E-state index is 5.84. The quantitative estimate of drug-likeness (QED) is 0.443. The van der Waals surface area contributed by atoms with Crippen molar-refractivity contribution in [2.75, 3.05) is 7.11 Å². The van der Waals surface area contributed by atoms with Crippen LogP contribution in [0.4, 0.5) is 0 Å². The predicted octanol–water partition coefficient (Wildman–Crippen LogP) is 5.19. The average molecular weight is 360 g/mol. The maximum Gasteiger partial charge on any atom is 0.226 e. The standard InChI is InChI=1S/C22H20N2O3/c1-15-19(23-22(26-15)17-6-4-3-5-7-17)10-11-20-18-9-8-16(12-13-25-2)14-21(18)27-24-20/h3-9,12-14H,10-11H2,1-2H3/b13-12+. The van der Waals surface area contributed by atoms with E-state index in [1.807, 2.05) is 61.5 Å². The SMILES string of the molecule is CO/C=C/c1ccc2c(CCc3nc(-c4ccccc4)oc3C)noc2c1. The molecule has 0 N–H and O–H groups in total. The van der Waals surface area contributed by atoms with E-state index in [1.54, 1.807) is 13.4 Å². The van der Waals surface area contributed by atoms with E-state index in [2.05, 4.69) is 10.1 Å². The third kappa shape index (κ3) is 3.62. The summed E-state index contributed by atoms with van der Waals surface area (Å²) in [5, 5.41) is 5.26. The van der Waals surface area contributed by atoms with E-state index in [0.717, 1.165) is 52.1 Å². The number of benzene rings is 2. The molecule has 27 heavy (non-hydrogen) atoms. The minimum atomic E-state index is 0.655. The Labute approximate surface area is 157 Å². The van der Waals surface area contributed by atoms with Gasteiger partial charge >= 0.3 is 0 Å². The number of hydrogen-bond donors (Lipinski definition) is 0. The first-order valence-corrected chi connectivity index (χ1v) is 8.84. The van der Waals surface area contributed by atoms with E-state index in [-0.39, 0.29) is 0 Å². The smallest absolute Gasteiger partial charge is 0.226 e. The zero-order valence-corrected chi connectivity index (χ0v) is 15.3. The Morgan fingerprint density at radius 1 is 1.04 bits per heavy atom. The van der Waals surface area contributed by atoms with E-state index in [9.17, 15) is 0 Å². The van der Waals surface area contributed by atoms with Crippen LogP contribution >= 0.6 is 0 Å². The van der Waals surface area contributed by atoms with Gasteiger partial charge in [0.15, 0.2) is 5.58 Å². The Morgan fingerprint density at radius 3 is 2.67 bits per heavy atom. The van der Waals surface area contributed by atoms with Gasteiger partial charge in [0, 0.05) is 10.9 Å². The zero-order chi connectivity index (χ0) is 18.6. The van der Waals surface area contributed by atoms with Crippen molar-refractivity contribution in [2.24, 2.45) is 0 Å².